The van der Waals surface area contributed by atoms with E-state index in [4.69, 9.17) is 0 Å². The van der Waals surface area contributed by atoms with Crippen LogP contribution < -0.4 is 5.32 Å². The van der Waals surface area contributed by atoms with Crippen molar-refractivity contribution < 1.29 is 9.50 Å². The zero-order valence-electron chi connectivity index (χ0n) is 13.3. The van der Waals surface area contributed by atoms with Crippen LogP contribution in [0, 0.1) is 17.1 Å². The molecular weight excluding hydrogens is 305 g/mol. The SMILES string of the molecule is CNC[C@H](O)[C@H](c1cccc(F)c1)n1ccc2c(C#N)cccc21. The summed E-state index contributed by atoms with van der Waals surface area (Å²) in [4.78, 5) is 0. The molecule has 0 saturated carbocycles. The lowest BCUT2D eigenvalue weighted by Crippen LogP contribution is -2.33. The third-order valence-electron chi connectivity index (χ3n) is 4.15. The average Bonchev–Trinajstić information content (AvgIpc) is 2.99. The first-order valence-corrected chi connectivity index (χ1v) is 7.73. The van der Waals surface area contributed by atoms with Gasteiger partial charge in [-0.3, -0.25) is 0 Å². The Balaban J connectivity index is 2.18. The maximum absolute atomic E-state index is 13.7. The topological polar surface area (TPSA) is 61.0 Å². The first kappa shape index (κ1) is 16.2. The molecule has 0 spiro atoms. The van der Waals surface area contributed by atoms with E-state index in [0.717, 1.165) is 10.9 Å². The van der Waals surface area contributed by atoms with Crippen LogP contribution in [0.15, 0.2) is 54.7 Å². The van der Waals surface area contributed by atoms with E-state index in [9.17, 15) is 14.8 Å². The molecule has 0 aliphatic heterocycles. The summed E-state index contributed by atoms with van der Waals surface area (Å²) in [7, 11) is 1.76. The number of likely N-dealkylation sites (N-methyl/N-ethyl adjacent to an activating group) is 1. The van der Waals surface area contributed by atoms with Gasteiger partial charge in [-0.05, 0) is 42.9 Å². The van der Waals surface area contributed by atoms with E-state index < -0.39 is 12.1 Å². The van der Waals surface area contributed by atoms with Crippen LogP contribution in [0.3, 0.4) is 0 Å². The van der Waals surface area contributed by atoms with Gasteiger partial charge in [-0.2, -0.15) is 5.26 Å². The Hall–Kier alpha value is -2.68. The van der Waals surface area contributed by atoms with Crippen molar-refractivity contribution >= 4 is 10.9 Å². The van der Waals surface area contributed by atoms with E-state index in [1.165, 1.54) is 12.1 Å². The monoisotopic (exact) mass is 323 g/mol. The number of nitrogens with one attached hydrogen (secondary N) is 1. The molecule has 0 unspecified atom stereocenters. The molecule has 2 aromatic carbocycles. The fourth-order valence-electron chi connectivity index (χ4n) is 3.11. The van der Waals surface area contributed by atoms with Gasteiger partial charge < -0.3 is 15.0 Å². The minimum Gasteiger partial charge on any atom is -0.389 e. The molecular formula is C19H18FN3O. The molecule has 0 fully saturated rings. The highest BCUT2D eigenvalue weighted by atomic mass is 19.1. The number of aromatic nitrogens is 1. The summed E-state index contributed by atoms with van der Waals surface area (Å²) >= 11 is 0. The highest BCUT2D eigenvalue weighted by Gasteiger charge is 2.24. The quantitative estimate of drug-likeness (QED) is 0.759. The Labute approximate surface area is 139 Å². The Bertz CT molecular complexity index is 897. The van der Waals surface area contributed by atoms with Gasteiger partial charge in [0.2, 0.25) is 0 Å². The van der Waals surface area contributed by atoms with Crippen molar-refractivity contribution in [2.24, 2.45) is 0 Å². The van der Waals surface area contributed by atoms with Gasteiger partial charge in [0.05, 0.1) is 23.8 Å². The van der Waals surface area contributed by atoms with Gasteiger partial charge >= 0.3 is 0 Å². The molecule has 1 heterocycles. The van der Waals surface area contributed by atoms with Crippen molar-refractivity contribution in [3.63, 3.8) is 0 Å². The lowest BCUT2D eigenvalue weighted by Gasteiger charge is -2.26. The van der Waals surface area contributed by atoms with Gasteiger partial charge in [0.1, 0.15) is 5.82 Å². The number of halogens is 1. The van der Waals surface area contributed by atoms with Crippen LogP contribution >= 0.6 is 0 Å². The molecule has 3 rings (SSSR count). The molecule has 24 heavy (non-hydrogen) atoms. The molecule has 5 heteroatoms. The predicted octanol–water partition coefficient (Wildman–Crippen LogP) is 2.82. The van der Waals surface area contributed by atoms with E-state index in [0.29, 0.717) is 17.7 Å². The highest BCUT2D eigenvalue weighted by Crippen LogP contribution is 2.29. The zero-order chi connectivity index (χ0) is 17.1. The van der Waals surface area contributed by atoms with Gasteiger partial charge in [0, 0.05) is 23.6 Å². The normalized spacial score (nSPS) is 13.6. The fraction of sp³-hybridized carbons (Fsp3) is 0.211. The Morgan fingerprint density at radius 3 is 2.75 bits per heavy atom. The number of benzene rings is 2. The van der Waals surface area contributed by atoms with Gasteiger partial charge in [-0.25, -0.2) is 4.39 Å². The van der Waals surface area contributed by atoms with Crippen molar-refractivity contribution in [1.29, 1.82) is 5.26 Å². The smallest absolute Gasteiger partial charge is 0.123 e. The summed E-state index contributed by atoms with van der Waals surface area (Å²) in [5.41, 5.74) is 2.09. The maximum atomic E-state index is 13.7. The molecule has 0 amide bonds. The standard InChI is InChI=1S/C19H18FN3O/c1-22-12-18(24)19(13-4-2-6-15(20)10-13)23-9-8-16-14(11-21)5-3-7-17(16)23/h2-10,18-19,22,24H,12H2,1H3/t18-,19-/m0/s1. The fourth-order valence-corrected chi connectivity index (χ4v) is 3.11. The number of hydrogen-bond donors (Lipinski definition) is 2. The summed E-state index contributed by atoms with van der Waals surface area (Å²) in [5, 5.41) is 23.7. The van der Waals surface area contributed by atoms with E-state index in [1.807, 2.05) is 29.0 Å². The molecule has 2 N–H and O–H groups in total. The molecule has 1 aromatic heterocycles. The average molecular weight is 323 g/mol. The number of aliphatic hydroxyl groups excluding tert-OH is 1. The van der Waals surface area contributed by atoms with Crippen molar-refractivity contribution in [2.75, 3.05) is 13.6 Å². The number of hydrogen-bond acceptors (Lipinski definition) is 3. The van der Waals surface area contributed by atoms with Crippen molar-refractivity contribution in [3.05, 3.63) is 71.7 Å². The van der Waals surface area contributed by atoms with Crippen molar-refractivity contribution in [2.45, 2.75) is 12.1 Å². The molecule has 0 aliphatic carbocycles. The minimum absolute atomic E-state index is 0.344. The van der Waals surface area contributed by atoms with Crippen LogP contribution in [0.4, 0.5) is 4.39 Å². The van der Waals surface area contributed by atoms with Crippen LogP contribution in [0.5, 0.6) is 0 Å². The molecule has 0 saturated heterocycles. The number of rotatable bonds is 5. The Morgan fingerprint density at radius 1 is 1.25 bits per heavy atom. The Kier molecular flexibility index (Phi) is 4.61. The summed E-state index contributed by atoms with van der Waals surface area (Å²) in [6.45, 7) is 0.360. The van der Waals surface area contributed by atoms with Crippen LogP contribution in [-0.2, 0) is 0 Å². The second-order valence-corrected chi connectivity index (χ2v) is 5.70. The maximum Gasteiger partial charge on any atom is 0.123 e. The van der Waals surface area contributed by atoms with Gasteiger partial charge in [-0.15, -0.1) is 0 Å². The first-order valence-electron chi connectivity index (χ1n) is 7.73. The number of aliphatic hydroxyl groups is 1. The summed E-state index contributed by atoms with van der Waals surface area (Å²) in [6, 6.07) is 15.3. The number of nitrogens with zero attached hydrogens (tertiary/aromatic N) is 2. The van der Waals surface area contributed by atoms with E-state index >= 15 is 0 Å². The third-order valence-corrected chi connectivity index (χ3v) is 4.15. The van der Waals surface area contributed by atoms with Gasteiger partial charge in [-0.1, -0.05) is 18.2 Å². The van der Waals surface area contributed by atoms with Crippen LogP contribution in [0.2, 0.25) is 0 Å². The lowest BCUT2D eigenvalue weighted by molar-refractivity contribution is 0.132. The lowest BCUT2D eigenvalue weighted by atomic mass is 10.0. The molecule has 2 atom stereocenters. The first-order chi connectivity index (χ1) is 11.7. The van der Waals surface area contributed by atoms with Gasteiger partial charge in [0.25, 0.3) is 0 Å². The number of nitriles is 1. The molecule has 0 aliphatic rings. The predicted molar refractivity (Wildman–Crippen MR) is 91.1 cm³/mol. The van der Waals surface area contributed by atoms with Crippen molar-refractivity contribution in [3.8, 4) is 6.07 Å². The minimum atomic E-state index is -0.752. The van der Waals surface area contributed by atoms with Gasteiger partial charge in [0.15, 0.2) is 0 Å². The van der Waals surface area contributed by atoms with Crippen LogP contribution in [0.1, 0.15) is 17.2 Å². The zero-order valence-corrected chi connectivity index (χ0v) is 13.3. The van der Waals surface area contributed by atoms with E-state index in [1.54, 1.807) is 25.2 Å². The van der Waals surface area contributed by atoms with Crippen molar-refractivity contribution in [1.82, 2.24) is 9.88 Å². The summed E-state index contributed by atoms with van der Waals surface area (Å²) < 4.78 is 15.6. The summed E-state index contributed by atoms with van der Waals surface area (Å²) in [5.74, 6) is -0.344. The van der Waals surface area contributed by atoms with Crippen LogP contribution in [0.25, 0.3) is 10.9 Å². The van der Waals surface area contributed by atoms with Crippen LogP contribution in [-0.4, -0.2) is 29.4 Å². The second kappa shape index (κ2) is 6.83. The third kappa shape index (κ3) is 2.90. The summed E-state index contributed by atoms with van der Waals surface area (Å²) in [6.07, 6.45) is 1.08. The molecule has 0 radical (unpaired) electrons. The highest BCUT2D eigenvalue weighted by molar-refractivity contribution is 5.86. The Morgan fingerprint density at radius 2 is 2.04 bits per heavy atom. The molecule has 122 valence electrons. The van der Waals surface area contributed by atoms with E-state index in [-0.39, 0.29) is 5.82 Å². The second-order valence-electron chi connectivity index (χ2n) is 5.70. The molecule has 0 bridgehead atoms. The van der Waals surface area contributed by atoms with E-state index in [2.05, 4.69) is 11.4 Å². The molecule has 3 aromatic rings. The molecule has 4 nitrogen and oxygen atoms in total. The number of fused-ring (bicyclic) bond motifs is 1. The largest absolute Gasteiger partial charge is 0.389 e.